The van der Waals surface area contributed by atoms with E-state index in [0.717, 1.165) is 23.6 Å². The lowest BCUT2D eigenvalue weighted by Gasteiger charge is -2.24. The van der Waals surface area contributed by atoms with Crippen molar-refractivity contribution in [1.29, 1.82) is 0 Å². The summed E-state index contributed by atoms with van der Waals surface area (Å²) < 4.78 is 0. The highest BCUT2D eigenvalue weighted by atomic mass is 16.6. The molecule has 0 bridgehead atoms. The van der Waals surface area contributed by atoms with Crippen molar-refractivity contribution >= 4 is 39.2 Å². The molecule has 0 spiro atoms. The number of hydrogen-bond acceptors (Lipinski definition) is 8. The van der Waals surface area contributed by atoms with E-state index in [0.29, 0.717) is 11.1 Å². The second-order valence-corrected chi connectivity index (χ2v) is 7.60. The number of rotatable bonds is 5. The van der Waals surface area contributed by atoms with Crippen LogP contribution in [-0.2, 0) is 0 Å². The Morgan fingerprint density at radius 1 is 0.900 bits per heavy atom. The van der Waals surface area contributed by atoms with Crippen LogP contribution in [0.25, 0.3) is 10.8 Å². The van der Waals surface area contributed by atoms with Crippen LogP contribution in [0.5, 0.6) is 5.75 Å². The molecule has 0 radical (unpaired) electrons. The number of nitro benzene ring substituents is 2. The molecule has 0 amide bonds. The highest BCUT2D eigenvalue weighted by molar-refractivity contribution is 6.01. The maximum Gasteiger partial charge on any atom is 0.303 e. The summed E-state index contributed by atoms with van der Waals surface area (Å²) in [7, 11) is 0. The maximum atomic E-state index is 11.3. The predicted octanol–water partition coefficient (Wildman–Crippen LogP) is 5.99. The van der Waals surface area contributed by atoms with Crippen LogP contribution in [0.3, 0.4) is 0 Å². The first kappa shape index (κ1) is 20.6. The number of nitrogens with one attached hydrogen (secondary N) is 1. The zero-order valence-electron chi connectivity index (χ0n) is 16.5. The minimum absolute atomic E-state index is 0.105. The first-order valence-corrected chi connectivity index (χ1v) is 8.94. The molecule has 0 aromatic heterocycles. The average Bonchev–Trinajstić information content (AvgIpc) is 2.68. The van der Waals surface area contributed by atoms with Crippen molar-refractivity contribution in [2.24, 2.45) is 10.2 Å². The number of phenolic OH excluding ortho intramolecular Hbond substituents is 1. The van der Waals surface area contributed by atoms with Gasteiger partial charge in [0.05, 0.1) is 15.9 Å². The van der Waals surface area contributed by atoms with Gasteiger partial charge in [0.1, 0.15) is 5.69 Å². The van der Waals surface area contributed by atoms with E-state index in [1.807, 2.05) is 32.9 Å². The molecular weight excluding hydrogens is 390 g/mol. The van der Waals surface area contributed by atoms with Crippen molar-refractivity contribution in [2.75, 3.05) is 5.32 Å². The molecule has 0 aliphatic rings. The number of phenols is 1. The fourth-order valence-electron chi connectivity index (χ4n) is 2.89. The summed E-state index contributed by atoms with van der Waals surface area (Å²) in [5.74, 6) is -0.127. The summed E-state index contributed by atoms with van der Waals surface area (Å²) in [5, 5.41) is 45.3. The standard InChI is InChI=1S/C20H19N5O5/c1-20(2,3)21-16-11-17(19(26)14-7-5-4-6-13(14)16)23-22-15-9-8-12(24(27)28)10-18(15)25(29)30/h4-11,21,26H,1-3H3. The zero-order chi connectivity index (χ0) is 22.1. The largest absolute Gasteiger partial charge is 0.505 e. The summed E-state index contributed by atoms with van der Waals surface area (Å²) in [6.45, 7) is 5.95. The molecule has 0 fully saturated rings. The Hall–Kier alpha value is -4.08. The van der Waals surface area contributed by atoms with Crippen LogP contribution >= 0.6 is 0 Å². The third kappa shape index (κ3) is 4.32. The fourth-order valence-corrected chi connectivity index (χ4v) is 2.89. The van der Waals surface area contributed by atoms with E-state index in [4.69, 9.17) is 0 Å². The molecule has 0 unspecified atom stereocenters. The van der Waals surface area contributed by atoms with Gasteiger partial charge in [0.15, 0.2) is 11.4 Å². The SMILES string of the molecule is CC(C)(C)Nc1cc(N=Nc2ccc([N+](=O)[O-])cc2[N+](=O)[O-])c(O)c2ccccc12. The van der Waals surface area contributed by atoms with Gasteiger partial charge in [0.2, 0.25) is 0 Å². The van der Waals surface area contributed by atoms with Gasteiger partial charge in [0, 0.05) is 28.1 Å². The Kier molecular flexibility index (Phi) is 5.33. The smallest absolute Gasteiger partial charge is 0.303 e. The molecule has 10 nitrogen and oxygen atoms in total. The van der Waals surface area contributed by atoms with Crippen molar-refractivity contribution < 1.29 is 15.0 Å². The lowest BCUT2D eigenvalue weighted by Crippen LogP contribution is -2.26. The van der Waals surface area contributed by atoms with Crippen LogP contribution in [-0.4, -0.2) is 20.5 Å². The lowest BCUT2D eigenvalue weighted by molar-refractivity contribution is -0.393. The van der Waals surface area contributed by atoms with Gasteiger partial charge >= 0.3 is 5.69 Å². The van der Waals surface area contributed by atoms with E-state index < -0.39 is 21.2 Å². The third-order valence-corrected chi connectivity index (χ3v) is 4.14. The Morgan fingerprint density at radius 2 is 1.53 bits per heavy atom. The average molecular weight is 409 g/mol. The van der Waals surface area contributed by atoms with Crippen LogP contribution in [0.2, 0.25) is 0 Å². The number of aromatic hydroxyl groups is 1. The van der Waals surface area contributed by atoms with Gasteiger partial charge in [-0.1, -0.05) is 24.3 Å². The molecule has 0 atom stereocenters. The number of nitro groups is 2. The molecule has 3 aromatic carbocycles. The number of anilines is 1. The zero-order valence-corrected chi connectivity index (χ0v) is 16.5. The van der Waals surface area contributed by atoms with Crippen LogP contribution < -0.4 is 5.32 Å². The first-order valence-electron chi connectivity index (χ1n) is 8.94. The number of non-ortho nitro benzene ring substituents is 1. The van der Waals surface area contributed by atoms with Crippen LogP contribution in [0.15, 0.2) is 58.8 Å². The van der Waals surface area contributed by atoms with Crippen LogP contribution in [0, 0.1) is 20.2 Å². The third-order valence-electron chi connectivity index (χ3n) is 4.14. The number of benzene rings is 3. The number of fused-ring (bicyclic) bond motifs is 1. The molecule has 3 aromatic rings. The van der Waals surface area contributed by atoms with Gasteiger partial charge < -0.3 is 10.4 Å². The second kappa shape index (κ2) is 7.74. The number of azo groups is 1. The Balaban J connectivity index is 2.12. The molecule has 3 rings (SSSR count). The minimum Gasteiger partial charge on any atom is -0.505 e. The van der Waals surface area contributed by atoms with Gasteiger partial charge in [-0.15, -0.1) is 10.2 Å². The molecule has 0 saturated heterocycles. The predicted molar refractivity (Wildman–Crippen MR) is 113 cm³/mol. The summed E-state index contributed by atoms with van der Waals surface area (Å²) >= 11 is 0. The van der Waals surface area contributed by atoms with Gasteiger partial charge in [0.25, 0.3) is 5.69 Å². The van der Waals surface area contributed by atoms with E-state index in [-0.39, 0.29) is 22.7 Å². The highest BCUT2D eigenvalue weighted by Crippen LogP contribution is 2.41. The van der Waals surface area contributed by atoms with Gasteiger partial charge in [-0.25, -0.2) is 0 Å². The van der Waals surface area contributed by atoms with Gasteiger partial charge in [-0.3, -0.25) is 20.2 Å². The molecule has 0 aliphatic carbocycles. The van der Waals surface area contributed by atoms with E-state index in [1.165, 1.54) is 0 Å². The van der Waals surface area contributed by atoms with E-state index in [2.05, 4.69) is 15.5 Å². The van der Waals surface area contributed by atoms with Crippen molar-refractivity contribution in [3.05, 3.63) is 68.8 Å². The molecule has 30 heavy (non-hydrogen) atoms. The molecule has 0 saturated carbocycles. The quantitative estimate of drug-likeness (QED) is 0.229. The maximum absolute atomic E-state index is 11.3. The Labute approximate surface area is 171 Å². The molecule has 0 aliphatic heterocycles. The Morgan fingerprint density at radius 3 is 2.13 bits per heavy atom. The normalized spacial score (nSPS) is 11.7. The Bertz CT molecular complexity index is 1180. The number of nitrogens with zero attached hydrogens (tertiary/aromatic N) is 4. The van der Waals surface area contributed by atoms with Crippen molar-refractivity contribution in [3.8, 4) is 5.75 Å². The van der Waals surface area contributed by atoms with E-state index in [9.17, 15) is 25.3 Å². The molecule has 2 N–H and O–H groups in total. The summed E-state index contributed by atoms with van der Waals surface area (Å²) in [5.41, 5.74) is -0.600. The fraction of sp³-hybridized carbons (Fsp3) is 0.200. The van der Waals surface area contributed by atoms with Gasteiger partial charge in [-0.05, 0) is 32.9 Å². The van der Waals surface area contributed by atoms with Gasteiger partial charge in [-0.2, -0.15) is 0 Å². The summed E-state index contributed by atoms with van der Waals surface area (Å²) in [6, 6.07) is 11.9. The molecule has 0 heterocycles. The van der Waals surface area contributed by atoms with E-state index >= 15 is 0 Å². The molecule has 10 heteroatoms. The summed E-state index contributed by atoms with van der Waals surface area (Å²) in [4.78, 5) is 20.7. The van der Waals surface area contributed by atoms with Crippen LogP contribution in [0.1, 0.15) is 20.8 Å². The summed E-state index contributed by atoms with van der Waals surface area (Å²) in [6.07, 6.45) is 0. The first-order chi connectivity index (χ1) is 14.1. The van der Waals surface area contributed by atoms with Crippen molar-refractivity contribution in [2.45, 2.75) is 26.3 Å². The molecule has 154 valence electrons. The monoisotopic (exact) mass is 409 g/mol. The molecular formula is C20H19N5O5. The van der Waals surface area contributed by atoms with Crippen LogP contribution in [0.4, 0.5) is 28.4 Å². The lowest BCUT2D eigenvalue weighted by atomic mass is 10.0. The second-order valence-electron chi connectivity index (χ2n) is 7.60. The highest BCUT2D eigenvalue weighted by Gasteiger charge is 2.20. The van der Waals surface area contributed by atoms with E-state index in [1.54, 1.807) is 18.2 Å². The van der Waals surface area contributed by atoms with Crippen molar-refractivity contribution in [3.63, 3.8) is 0 Å². The number of hydrogen-bond donors (Lipinski definition) is 2. The van der Waals surface area contributed by atoms with Crippen molar-refractivity contribution in [1.82, 2.24) is 0 Å². The minimum atomic E-state index is -0.770. The topological polar surface area (TPSA) is 143 Å².